The predicted molar refractivity (Wildman–Crippen MR) is 103 cm³/mol. The van der Waals surface area contributed by atoms with E-state index in [1.807, 2.05) is 0 Å². The maximum atomic E-state index is 12.9. The second-order valence-corrected chi connectivity index (χ2v) is 7.64. The summed E-state index contributed by atoms with van der Waals surface area (Å²) < 4.78 is 44.2. The summed E-state index contributed by atoms with van der Waals surface area (Å²) in [5.74, 6) is 0. The minimum absolute atomic E-state index is 0.347. The van der Waals surface area contributed by atoms with E-state index in [0.29, 0.717) is 16.8 Å². The number of quaternary nitrogens is 1. The van der Waals surface area contributed by atoms with Crippen molar-refractivity contribution in [3.05, 3.63) is 29.8 Å². The van der Waals surface area contributed by atoms with Crippen LogP contribution in [0.1, 0.15) is 31.2 Å². The standard InChI is InChI=1S/C19H26F3N3OS/c20-19(21,22)15-4-3-5-16(14-15)23-18(27)25-8-2-1-6-17(25)7-9-24-10-12-26-13-11-24/h3-5,14,17H,1-2,6-13H2,(H,23,27)/p+1/t17-/m1/s1. The van der Waals surface area contributed by atoms with Crippen LogP contribution in [0.15, 0.2) is 24.3 Å². The maximum Gasteiger partial charge on any atom is 0.416 e. The highest BCUT2D eigenvalue weighted by atomic mass is 32.1. The fourth-order valence-electron chi connectivity index (χ4n) is 3.82. The first-order chi connectivity index (χ1) is 12.9. The topological polar surface area (TPSA) is 28.9 Å². The molecule has 2 saturated heterocycles. The van der Waals surface area contributed by atoms with Crippen LogP contribution in [0, 0.1) is 0 Å². The summed E-state index contributed by atoms with van der Waals surface area (Å²) in [5, 5.41) is 3.55. The van der Waals surface area contributed by atoms with Crippen molar-refractivity contribution in [3.63, 3.8) is 0 Å². The fraction of sp³-hybridized carbons (Fsp3) is 0.632. The Balaban J connectivity index is 1.59. The Morgan fingerprint density at radius 2 is 2.04 bits per heavy atom. The van der Waals surface area contributed by atoms with Gasteiger partial charge >= 0.3 is 6.18 Å². The van der Waals surface area contributed by atoms with Crippen LogP contribution in [0.4, 0.5) is 18.9 Å². The summed E-state index contributed by atoms with van der Waals surface area (Å²) in [6.45, 7) is 5.66. The van der Waals surface area contributed by atoms with Crippen molar-refractivity contribution in [1.29, 1.82) is 0 Å². The molecule has 150 valence electrons. The maximum absolute atomic E-state index is 12.9. The van der Waals surface area contributed by atoms with Crippen LogP contribution in [0.25, 0.3) is 0 Å². The SMILES string of the molecule is FC(F)(F)c1cccc(NC(=S)N2CCCC[C@@H]2CC[NH+]2CCOCC2)c1. The number of anilines is 1. The molecule has 1 aromatic rings. The average Bonchev–Trinajstić information content (AvgIpc) is 2.67. The van der Waals surface area contributed by atoms with Crippen LogP contribution in [0.3, 0.4) is 0 Å². The second kappa shape index (κ2) is 9.21. The quantitative estimate of drug-likeness (QED) is 0.758. The van der Waals surface area contributed by atoms with Gasteiger partial charge in [0.25, 0.3) is 0 Å². The third-order valence-corrected chi connectivity index (χ3v) is 5.70. The van der Waals surface area contributed by atoms with Gasteiger partial charge in [-0.05, 0) is 49.7 Å². The summed E-state index contributed by atoms with van der Waals surface area (Å²) in [4.78, 5) is 3.72. The van der Waals surface area contributed by atoms with Gasteiger partial charge in [-0.15, -0.1) is 0 Å². The molecule has 0 bridgehead atoms. The van der Waals surface area contributed by atoms with E-state index in [4.69, 9.17) is 17.0 Å². The molecular formula is C19H27F3N3OS+. The van der Waals surface area contributed by atoms with Gasteiger partial charge in [-0.25, -0.2) is 0 Å². The lowest BCUT2D eigenvalue weighted by atomic mass is 9.99. The minimum Gasteiger partial charge on any atom is -0.370 e. The lowest BCUT2D eigenvalue weighted by Crippen LogP contribution is -3.14. The highest BCUT2D eigenvalue weighted by molar-refractivity contribution is 7.80. The molecule has 2 N–H and O–H groups in total. The average molecular weight is 403 g/mol. The Labute approximate surface area is 163 Å². The van der Waals surface area contributed by atoms with Crippen LogP contribution >= 0.6 is 12.2 Å². The normalized spacial score (nSPS) is 21.9. The molecule has 0 unspecified atom stereocenters. The van der Waals surface area contributed by atoms with E-state index in [1.54, 1.807) is 11.0 Å². The number of benzene rings is 1. The zero-order valence-electron chi connectivity index (χ0n) is 15.4. The molecule has 4 nitrogen and oxygen atoms in total. The number of halogens is 3. The van der Waals surface area contributed by atoms with Gasteiger partial charge < -0.3 is 19.9 Å². The summed E-state index contributed by atoms with van der Waals surface area (Å²) in [6.07, 6.45) is -0.00105. The molecule has 0 amide bonds. The number of ether oxygens (including phenoxy) is 1. The first-order valence-corrected chi connectivity index (χ1v) is 10.0. The highest BCUT2D eigenvalue weighted by Gasteiger charge is 2.31. The molecule has 1 aromatic carbocycles. The number of nitrogens with one attached hydrogen (secondary N) is 2. The van der Waals surface area contributed by atoms with Crippen molar-refractivity contribution >= 4 is 23.0 Å². The Kier molecular flexibility index (Phi) is 6.94. The second-order valence-electron chi connectivity index (χ2n) is 7.25. The van der Waals surface area contributed by atoms with Gasteiger partial charge in [0.15, 0.2) is 5.11 Å². The number of likely N-dealkylation sites (tertiary alicyclic amines) is 1. The summed E-state index contributed by atoms with van der Waals surface area (Å²) in [5.41, 5.74) is -0.278. The molecular weight excluding hydrogens is 375 g/mol. The number of alkyl halides is 3. The molecule has 8 heteroatoms. The van der Waals surface area contributed by atoms with Crippen molar-refractivity contribution < 1.29 is 22.8 Å². The first-order valence-electron chi connectivity index (χ1n) is 9.59. The molecule has 0 saturated carbocycles. The number of nitrogens with zero attached hydrogens (tertiary/aromatic N) is 1. The third kappa shape index (κ3) is 5.80. The third-order valence-electron chi connectivity index (χ3n) is 5.36. The monoisotopic (exact) mass is 402 g/mol. The fourth-order valence-corrected chi connectivity index (χ4v) is 4.18. The van der Waals surface area contributed by atoms with Crippen molar-refractivity contribution in [3.8, 4) is 0 Å². The van der Waals surface area contributed by atoms with Crippen LogP contribution in [-0.4, -0.2) is 55.4 Å². The smallest absolute Gasteiger partial charge is 0.370 e. The largest absolute Gasteiger partial charge is 0.416 e. The van der Waals surface area contributed by atoms with E-state index in [0.717, 1.165) is 70.8 Å². The number of hydrogen-bond donors (Lipinski definition) is 2. The highest BCUT2D eigenvalue weighted by Crippen LogP contribution is 2.31. The van der Waals surface area contributed by atoms with Gasteiger partial charge in [0, 0.05) is 24.7 Å². The van der Waals surface area contributed by atoms with E-state index in [9.17, 15) is 13.2 Å². The van der Waals surface area contributed by atoms with Gasteiger partial charge in [0.1, 0.15) is 13.1 Å². The number of rotatable bonds is 4. The molecule has 2 aliphatic heterocycles. The zero-order valence-corrected chi connectivity index (χ0v) is 16.2. The van der Waals surface area contributed by atoms with Gasteiger partial charge in [0.05, 0.1) is 25.3 Å². The van der Waals surface area contributed by atoms with E-state index in [2.05, 4.69) is 10.2 Å². The number of thiocarbonyl (C=S) groups is 1. The molecule has 27 heavy (non-hydrogen) atoms. The molecule has 0 spiro atoms. The van der Waals surface area contributed by atoms with Gasteiger partial charge in [-0.2, -0.15) is 13.2 Å². The van der Waals surface area contributed by atoms with Crippen LogP contribution in [0.5, 0.6) is 0 Å². The Morgan fingerprint density at radius 1 is 1.26 bits per heavy atom. The van der Waals surface area contributed by atoms with Crippen molar-refractivity contribution in [2.24, 2.45) is 0 Å². The van der Waals surface area contributed by atoms with Crippen LogP contribution in [-0.2, 0) is 10.9 Å². The molecule has 0 radical (unpaired) electrons. The molecule has 0 aromatic heterocycles. The number of piperidine rings is 1. The Bertz CT molecular complexity index is 635. The molecule has 2 fully saturated rings. The van der Waals surface area contributed by atoms with Gasteiger partial charge in [0.2, 0.25) is 0 Å². The van der Waals surface area contributed by atoms with Crippen molar-refractivity contribution in [2.75, 3.05) is 44.7 Å². The molecule has 0 aliphatic carbocycles. The van der Waals surface area contributed by atoms with Gasteiger partial charge in [-0.3, -0.25) is 0 Å². The van der Waals surface area contributed by atoms with Crippen LogP contribution < -0.4 is 10.2 Å². The zero-order chi connectivity index (χ0) is 19.3. The summed E-state index contributed by atoms with van der Waals surface area (Å²) in [7, 11) is 0. The number of morpholine rings is 1. The lowest BCUT2D eigenvalue weighted by molar-refractivity contribution is -0.908. The van der Waals surface area contributed by atoms with E-state index < -0.39 is 11.7 Å². The number of hydrogen-bond acceptors (Lipinski definition) is 2. The summed E-state index contributed by atoms with van der Waals surface area (Å²) >= 11 is 5.55. The van der Waals surface area contributed by atoms with E-state index in [1.165, 1.54) is 12.5 Å². The Morgan fingerprint density at radius 3 is 2.78 bits per heavy atom. The van der Waals surface area contributed by atoms with Gasteiger partial charge in [-0.1, -0.05) is 6.07 Å². The van der Waals surface area contributed by atoms with Crippen molar-refractivity contribution in [1.82, 2.24) is 4.90 Å². The van der Waals surface area contributed by atoms with E-state index in [-0.39, 0.29) is 0 Å². The Hall–Kier alpha value is -1.38. The lowest BCUT2D eigenvalue weighted by Gasteiger charge is -2.38. The van der Waals surface area contributed by atoms with Crippen molar-refractivity contribution in [2.45, 2.75) is 37.9 Å². The first kappa shape index (κ1) is 20.4. The molecule has 1 atom stereocenters. The predicted octanol–water partition coefficient (Wildman–Crippen LogP) is 2.56. The molecule has 2 aliphatic rings. The molecule has 3 rings (SSSR count). The summed E-state index contributed by atoms with van der Waals surface area (Å²) in [6, 6.07) is 5.56. The van der Waals surface area contributed by atoms with E-state index >= 15 is 0 Å². The minimum atomic E-state index is -4.35. The van der Waals surface area contributed by atoms with Crippen LogP contribution in [0.2, 0.25) is 0 Å². The molecule has 2 heterocycles.